The maximum absolute atomic E-state index is 13.5. The van der Waals surface area contributed by atoms with E-state index in [2.05, 4.69) is 21.6 Å². The summed E-state index contributed by atoms with van der Waals surface area (Å²) in [6.45, 7) is 7.33. The van der Waals surface area contributed by atoms with E-state index in [1.54, 1.807) is 29.1 Å². The van der Waals surface area contributed by atoms with Crippen LogP contribution in [-0.4, -0.2) is 51.8 Å². The normalized spacial score (nSPS) is 15.3. The average molecular weight is 574 g/mol. The molecule has 1 amide bonds. The number of carbonyl (C=O) groups is 1. The Hall–Kier alpha value is -3.37. The third-order valence-electron chi connectivity index (χ3n) is 7.16. The van der Waals surface area contributed by atoms with Gasteiger partial charge in [0, 0.05) is 43.5 Å². The first kappa shape index (κ1) is 27.2. The van der Waals surface area contributed by atoms with Gasteiger partial charge in [-0.05, 0) is 54.3 Å². The zero-order valence-corrected chi connectivity index (χ0v) is 23.1. The fourth-order valence-corrected chi connectivity index (χ4v) is 6.08. The summed E-state index contributed by atoms with van der Waals surface area (Å²) in [6.07, 6.45) is 0.940. The molecule has 0 atom stereocenters. The van der Waals surface area contributed by atoms with Gasteiger partial charge in [-0.3, -0.25) is 9.48 Å². The van der Waals surface area contributed by atoms with Crippen LogP contribution in [0.15, 0.2) is 42.6 Å². The zero-order valence-electron chi connectivity index (χ0n) is 21.5. The molecule has 1 aliphatic heterocycles. The summed E-state index contributed by atoms with van der Waals surface area (Å²) in [5, 5.41) is 6.80. The Morgan fingerprint density at radius 1 is 1.23 bits per heavy atom. The minimum absolute atomic E-state index is 0.0291. The van der Waals surface area contributed by atoms with Crippen LogP contribution in [0, 0.1) is 0 Å². The van der Waals surface area contributed by atoms with Gasteiger partial charge in [0.2, 0.25) is 5.91 Å². The molecule has 39 heavy (non-hydrogen) atoms. The second-order valence-corrected chi connectivity index (χ2v) is 11.2. The van der Waals surface area contributed by atoms with E-state index in [0.29, 0.717) is 5.35 Å². The Kier molecular flexibility index (Phi) is 7.43. The van der Waals surface area contributed by atoms with Gasteiger partial charge in [-0.25, -0.2) is 4.98 Å². The number of halogens is 4. The zero-order chi connectivity index (χ0) is 27.9. The van der Waals surface area contributed by atoms with Gasteiger partial charge in [-0.15, -0.1) is 0 Å². The molecule has 2 aromatic carbocycles. The summed E-state index contributed by atoms with van der Waals surface area (Å²) in [7, 11) is 1.85. The molecule has 5 rings (SSSR count). The predicted octanol–water partition coefficient (Wildman–Crippen LogP) is 4.90. The van der Waals surface area contributed by atoms with E-state index in [-0.39, 0.29) is 29.1 Å². The number of fused-ring (bicyclic) bond motifs is 1. The molecule has 3 heterocycles. The molecule has 0 aliphatic carbocycles. The van der Waals surface area contributed by atoms with Crippen LogP contribution in [0.1, 0.15) is 36.5 Å². The van der Waals surface area contributed by atoms with Crippen LogP contribution in [0.4, 0.5) is 18.3 Å². The van der Waals surface area contributed by atoms with E-state index >= 15 is 0 Å². The number of piperidine rings is 1. The highest BCUT2D eigenvalue weighted by Crippen LogP contribution is 2.34. The second-order valence-electron chi connectivity index (χ2n) is 9.72. The SMILES string of the molecule is C=c1nc(N2CCC(N(C)C(C)=O)CC2)s/c1=C\c1ccc2c(cnn2Cc2ccc(Cl)cc2C(F)(F)F)c1. The van der Waals surface area contributed by atoms with Crippen LogP contribution in [-0.2, 0) is 17.5 Å². The Balaban J connectivity index is 1.36. The van der Waals surface area contributed by atoms with Crippen molar-refractivity contribution in [2.75, 3.05) is 25.0 Å². The highest BCUT2D eigenvalue weighted by atomic mass is 35.5. The molecule has 0 N–H and O–H groups in total. The molecule has 4 aromatic rings. The molecule has 11 heteroatoms. The molecular weight excluding hydrogens is 547 g/mol. The maximum atomic E-state index is 13.5. The number of thiazole rings is 1. The number of anilines is 1. The fraction of sp³-hybridized carbons (Fsp3) is 0.321. The minimum Gasteiger partial charge on any atom is -0.348 e. The molecule has 6 nitrogen and oxygen atoms in total. The van der Waals surface area contributed by atoms with E-state index in [1.807, 2.05) is 36.2 Å². The van der Waals surface area contributed by atoms with Gasteiger partial charge in [0.25, 0.3) is 0 Å². The van der Waals surface area contributed by atoms with Crippen LogP contribution >= 0.6 is 22.9 Å². The van der Waals surface area contributed by atoms with Crippen LogP contribution < -0.4 is 14.8 Å². The molecular formula is C28H27ClF3N5OS. The van der Waals surface area contributed by atoms with Crippen LogP contribution in [0.2, 0.25) is 5.02 Å². The molecule has 204 valence electrons. The fourth-order valence-electron chi connectivity index (χ4n) is 4.88. The lowest BCUT2D eigenvalue weighted by Crippen LogP contribution is -2.45. The first-order valence-corrected chi connectivity index (χ1v) is 13.7. The summed E-state index contributed by atoms with van der Waals surface area (Å²) in [5.41, 5.74) is 0.992. The third kappa shape index (κ3) is 5.81. The lowest BCUT2D eigenvalue weighted by molar-refractivity contribution is -0.138. The standard InChI is InChI=1S/C28H27ClF3N5OS/c1-17-26(39-27(34-17)36-10-8-23(9-11-36)35(3)18(2)38)13-19-4-7-25-21(12-19)15-33-37(25)16-20-5-6-22(29)14-24(20)28(30,31)32/h4-7,12-15,23H,1,8-11,16H2,2-3H3/b26-13-. The molecule has 2 aromatic heterocycles. The Labute approximate surface area is 232 Å². The quantitative estimate of drug-likeness (QED) is 0.341. The lowest BCUT2D eigenvalue weighted by atomic mass is 10.0. The monoisotopic (exact) mass is 573 g/mol. The minimum atomic E-state index is -4.51. The molecule has 0 saturated carbocycles. The highest BCUT2D eigenvalue weighted by Gasteiger charge is 2.33. The first-order chi connectivity index (χ1) is 18.5. The molecule has 0 unspecified atom stereocenters. The summed E-state index contributed by atoms with van der Waals surface area (Å²) >= 11 is 7.39. The first-order valence-electron chi connectivity index (χ1n) is 12.5. The molecule has 1 saturated heterocycles. The van der Waals surface area contributed by atoms with Crippen molar-refractivity contribution in [2.45, 2.75) is 38.5 Å². The highest BCUT2D eigenvalue weighted by molar-refractivity contribution is 7.13. The number of alkyl halides is 3. The molecule has 0 spiro atoms. The largest absolute Gasteiger partial charge is 0.416 e. The van der Waals surface area contributed by atoms with Gasteiger partial charge in [-0.1, -0.05) is 41.6 Å². The third-order valence-corrected chi connectivity index (χ3v) is 8.50. The van der Waals surface area contributed by atoms with E-state index in [4.69, 9.17) is 11.6 Å². The molecule has 0 bridgehead atoms. The smallest absolute Gasteiger partial charge is 0.348 e. The number of rotatable bonds is 5. The number of nitrogens with zero attached hydrogens (tertiary/aromatic N) is 5. The van der Waals surface area contributed by atoms with Gasteiger partial charge < -0.3 is 9.80 Å². The summed E-state index contributed by atoms with van der Waals surface area (Å²) in [5.74, 6) is 0.0816. The van der Waals surface area contributed by atoms with Crippen molar-refractivity contribution in [1.29, 1.82) is 0 Å². The van der Waals surface area contributed by atoms with Crippen molar-refractivity contribution in [2.24, 2.45) is 0 Å². The number of hydrogen-bond donors (Lipinski definition) is 0. The van der Waals surface area contributed by atoms with Gasteiger partial charge in [0.15, 0.2) is 5.13 Å². The predicted molar refractivity (Wildman–Crippen MR) is 149 cm³/mol. The van der Waals surface area contributed by atoms with Crippen molar-refractivity contribution < 1.29 is 18.0 Å². The topological polar surface area (TPSA) is 54.3 Å². The summed E-state index contributed by atoms with van der Waals surface area (Å²) in [4.78, 5) is 20.4. The Morgan fingerprint density at radius 2 is 1.97 bits per heavy atom. The van der Waals surface area contributed by atoms with Gasteiger partial charge >= 0.3 is 6.18 Å². The maximum Gasteiger partial charge on any atom is 0.416 e. The van der Waals surface area contributed by atoms with E-state index in [9.17, 15) is 18.0 Å². The van der Waals surface area contributed by atoms with E-state index < -0.39 is 11.7 Å². The average Bonchev–Trinajstić information content (AvgIpc) is 3.46. The van der Waals surface area contributed by atoms with Crippen molar-refractivity contribution in [3.63, 3.8) is 0 Å². The second kappa shape index (κ2) is 10.7. The van der Waals surface area contributed by atoms with Crippen LogP contribution in [0.25, 0.3) is 23.6 Å². The van der Waals surface area contributed by atoms with Gasteiger partial charge in [0.05, 0.1) is 33.7 Å². The summed E-state index contributed by atoms with van der Waals surface area (Å²) < 4.78 is 43.1. The van der Waals surface area contributed by atoms with E-state index in [0.717, 1.165) is 58.1 Å². The number of hydrogen-bond acceptors (Lipinski definition) is 5. The van der Waals surface area contributed by atoms with Crippen molar-refractivity contribution in [3.8, 4) is 0 Å². The van der Waals surface area contributed by atoms with Crippen molar-refractivity contribution in [1.82, 2.24) is 19.7 Å². The Morgan fingerprint density at radius 3 is 2.67 bits per heavy atom. The Bertz CT molecular complexity index is 1640. The van der Waals surface area contributed by atoms with Crippen LogP contribution in [0.5, 0.6) is 0 Å². The van der Waals surface area contributed by atoms with Crippen molar-refractivity contribution >= 4 is 57.5 Å². The number of carbonyl (C=O) groups excluding carboxylic acids is 1. The molecule has 0 radical (unpaired) electrons. The number of benzene rings is 2. The van der Waals surface area contributed by atoms with Crippen molar-refractivity contribution in [3.05, 3.63) is 74.2 Å². The van der Waals surface area contributed by atoms with Gasteiger partial charge in [0.1, 0.15) is 0 Å². The number of amides is 1. The van der Waals surface area contributed by atoms with Crippen LogP contribution in [0.3, 0.4) is 0 Å². The lowest BCUT2D eigenvalue weighted by Gasteiger charge is -2.36. The summed E-state index contributed by atoms with van der Waals surface area (Å²) in [6, 6.07) is 9.76. The molecule has 1 fully saturated rings. The number of aromatic nitrogens is 3. The van der Waals surface area contributed by atoms with Gasteiger partial charge in [-0.2, -0.15) is 18.3 Å². The molecule has 1 aliphatic rings. The van der Waals surface area contributed by atoms with E-state index in [1.165, 1.54) is 12.1 Å².